The van der Waals surface area contributed by atoms with Gasteiger partial charge >= 0.3 is 5.97 Å². The van der Waals surface area contributed by atoms with E-state index >= 15 is 0 Å². The van der Waals surface area contributed by atoms with Crippen LogP contribution in [-0.2, 0) is 9.59 Å². The first-order valence-electron chi connectivity index (χ1n) is 6.34. The Hall–Kier alpha value is -0.940. The summed E-state index contributed by atoms with van der Waals surface area (Å²) in [6, 6.07) is 0. The number of carboxylic acids is 1. The third kappa shape index (κ3) is 181. The minimum Gasteiger partial charge on any atom is -0.481 e. The van der Waals surface area contributed by atoms with Crippen molar-refractivity contribution < 1.29 is 19.8 Å². The Morgan fingerprint density at radius 1 is 1.00 bits per heavy atom. The van der Waals surface area contributed by atoms with Gasteiger partial charge in [0.15, 0.2) is 0 Å². The summed E-state index contributed by atoms with van der Waals surface area (Å²) in [6.45, 7) is 13.2. The summed E-state index contributed by atoms with van der Waals surface area (Å²) in [4.78, 5) is 19.0. The maximum Gasteiger partial charge on any atom is 0.303 e. The second kappa shape index (κ2) is 29.8. The first-order valence-corrected chi connectivity index (χ1v) is 6.34. The van der Waals surface area contributed by atoms with Gasteiger partial charge in [0.25, 0.3) is 0 Å². The molecule has 0 aromatic rings. The Balaban J connectivity index is -0.0000000750. The van der Waals surface area contributed by atoms with Crippen LogP contribution in [0.3, 0.4) is 0 Å². The van der Waals surface area contributed by atoms with Crippen molar-refractivity contribution in [2.24, 2.45) is 0 Å². The molecule has 0 heterocycles. The summed E-state index contributed by atoms with van der Waals surface area (Å²) in [5, 5.41) is 18.6. The van der Waals surface area contributed by atoms with Crippen molar-refractivity contribution in [3.8, 4) is 0 Å². The van der Waals surface area contributed by atoms with E-state index in [1.54, 1.807) is 6.92 Å². The average molecular weight is 265 g/mol. The zero-order valence-corrected chi connectivity index (χ0v) is 12.7. The van der Waals surface area contributed by atoms with Gasteiger partial charge in [0, 0.05) is 13.0 Å². The van der Waals surface area contributed by atoms with Crippen LogP contribution in [-0.4, -0.2) is 41.7 Å². The lowest BCUT2D eigenvalue weighted by Crippen LogP contribution is -2.09. The van der Waals surface area contributed by atoms with E-state index in [4.69, 9.17) is 10.2 Å². The predicted molar refractivity (Wildman–Crippen MR) is 75.9 cm³/mol. The van der Waals surface area contributed by atoms with Gasteiger partial charge in [-0.3, -0.25) is 4.79 Å². The first kappa shape index (κ1) is 25.8. The number of ketones is 1. The largest absolute Gasteiger partial charge is 0.481 e. The number of carboxylic acid groups (broad SMARTS) is 1. The number of nitrogens with one attached hydrogen (secondary N) is 1. The summed E-state index contributed by atoms with van der Waals surface area (Å²) in [7, 11) is 0. The zero-order chi connectivity index (χ0) is 15.4. The SMILES string of the molecule is CC(C)=O.CCCC(=O)O.CCNCC.CCO. The first-order chi connectivity index (χ1) is 8.33. The molecule has 5 heteroatoms. The van der Waals surface area contributed by atoms with Gasteiger partial charge < -0.3 is 20.3 Å². The lowest BCUT2D eigenvalue weighted by atomic mass is 10.4. The number of aliphatic hydroxyl groups is 1. The van der Waals surface area contributed by atoms with E-state index in [1.807, 2.05) is 6.92 Å². The van der Waals surface area contributed by atoms with Crippen molar-refractivity contribution in [2.45, 2.75) is 54.4 Å². The number of rotatable bonds is 4. The molecule has 0 aromatic heterocycles. The maximum absolute atomic E-state index is 9.60. The van der Waals surface area contributed by atoms with Gasteiger partial charge in [-0.05, 0) is 40.3 Å². The van der Waals surface area contributed by atoms with E-state index in [1.165, 1.54) is 13.8 Å². The molecule has 0 aromatic carbocycles. The Labute approximate surface area is 112 Å². The fourth-order valence-corrected chi connectivity index (χ4v) is 0.464. The lowest BCUT2D eigenvalue weighted by Gasteiger charge is -1.86. The second-order valence-corrected chi connectivity index (χ2v) is 3.33. The van der Waals surface area contributed by atoms with Gasteiger partial charge in [0.05, 0.1) is 0 Å². The minimum absolute atomic E-state index is 0.167. The fraction of sp³-hybridized carbons (Fsp3) is 0.846. The number of carbonyl (C=O) groups is 2. The molecule has 0 amide bonds. The van der Waals surface area contributed by atoms with Crippen molar-refractivity contribution in [3.63, 3.8) is 0 Å². The van der Waals surface area contributed by atoms with Crippen LogP contribution in [0.5, 0.6) is 0 Å². The number of Topliss-reactive ketones (excluding diaryl/α,β-unsaturated/α-hetero) is 1. The molecule has 0 fully saturated rings. The Bertz CT molecular complexity index is 155. The van der Waals surface area contributed by atoms with Crippen molar-refractivity contribution in [1.82, 2.24) is 5.32 Å². The molecule has 18 heavy (non-hydrogen) atoms. The highest BCUT2D eigenvalue weighted by atomic mass is 16.4. The van der Waals surface area contributed by atoms with E-state index in [-0.39, 0.29) is 12.4 Å². The van der Waals surface area contributed by atoms with Crippen LogP contribution in [0.2, 0.25) is 0 Å². The molecule has 5 nitrogen and oxygen atoms in total. The molecule has 0 spiro atoms. The Morgan fingerprint density at radius 2 is 1.28 bits per heavy atom. The van der Waals surface area contributed by atoms with Gasteiger partial charge in [-0.15, -0.1) is 0 Å². The van der Waals surface area contributed by atoms with Gasteiger partial charge in [0.1, 0.15) is 5.78 Å². The van der Waals surface area contributed by atoms with Crippen LogP contribution in [0.1, 0.15) is 54.4 Å². The molecular weight excluding hydrogens is 234 g/mol. The highest BCUT2D eigenvalue weighted by Gasteiger charge is 1.87. The van der Waals surface area contributed by atoms with Crippen molar-refractivity contribution in [3.05, 3.63) is 0 Å². The number of hydrogen-bond acceptors (Lipinski definition) is 4. The molecule has 0 aliphatic rings. The fourth-order valence-electron chi connectivity index (χ4n) is 0.464. The standard InChI is InChI=1S/C4H11N.C4H8O2.C3H6O.C2H6O/c1-3-5-4-2;1-2-3-4(5)6;1-3(2)4;1-2-3/h5H,3-4H2,1-2H3;2-3H2,1H3,(H,5,6);1-2H3;3H,2H2,1H3. The van der Waals surface area contributed by atoms with E-state index < -0.39 is 5.97 Å². The summed E-state index contributed by atoms with van der Waals surface area (Å²) < 4.78 is 0. The highest BCUT2D eigenvalue weighted by molar-refractivity contribution is 5.72. The van der Waals surface area contributed by atoms with Crippen LogP contribution in [0.25, 0.3) is 0 Å². The van der Waals surface area contributed by atoms with E-state index in [2.05, 4.69) is 19.2 Å². The molecule has 0 saturated carbocycles. The second-order valence-electron chi connectivity index (χ2n) is 3.33. The summed E-state index contributed by atoms with van der Waals surface area (Å²) in [6.07, 6.45) is 1.02. The predicted octanol–water partition coefficient (Wildman–Crippen LogP) is 2.08. The summed E-state index contributed by atoms with van der Waals surface area (Å²) in [5.74, 6) is -0.544. The molecule has 0 atom stereocenters. The topological polar surface area (TPSA) is 86.6 Å². The Morgan fingerprint density at radius 3 is 1.28 bits per heavy atom. The van der Waals surface area contributed by atoms with E-state index in [9.17, 15) is 9.59 Å². The molecule has 0 aliphatic heterocycles. The van der Waals surface area contributed by atoms with Crippen LogP contribution in [0.4, 0.5) is 0 Å². The number of carbonyl (C=O) groups excluding carboxylic acids is 1. The normalized spacial score (nSPS) is 7.50. The smallest absolute Gasteiger partial charge is 0.303 e. The van der Waals surface area contributed by atoms with Crippen LogP contribution >= 0.6 is 0 Å². The molecule has 112 valence electrons. The van der Waals surface area contributed by atoms with Crippen LogP contribution in [0.15, 0.2) is 0 Å². The summed E-state index contributed by atoms with van der Waals surface area (Å²) >= 11 is 0. The van der Waals surface area contributed by atoms with Gasteiger partial charge in [0.2, 0.25) is 0 Å². The maximum atomic E-state index is 9.60. The monoisotopic (exact) mass is 265 g/mol. The number of hydrogen-bond donors (Lipinski definition) is 3. The van der Waals surface area contributed by atoms with Gasteiger partial charge in [-0.1, -0.05) is 20.8 Å². The van der Waals surface area contributed by atoms with Crippen molar-refractivity contribution in [1.29, 1.82) is 0 Å². The molecule has 0 rings (SSSR count). The van der Waals surface area contributed by atoms with Crippen LogP contribution < -0.4 is 5.32 Å². The summed E-state index contributed by atoms with van der Waals surface area (Å²) in [5.41, 5.74) is 0. The third-order valence-electron chi connectivity index (χ3n) is 0.964. The Kier molecular flexibility index (Phi) is 42.7. The minimum atomic E-state index is -0.711. The molecule has 0 aliphatic carbocycles. The van der Waals surface area contributed by atoms with Gasteiger partial charge in [-0.2, -0.15) is 0 Å². The molecule has 0 unspecified atom stereocenters. The molecular formula is C13H31NO4. The highest BCUT2D eigenvalue weighted by Crippen LogP contribution is 1.82. The third-order valence-corrected chi connectivity index (χ3v) is 0.964. The van der Waals surface area contributed by atoms with Crippen LogP contribution in [0, 0.1) is 0 Å². The van der Waals surface area contributed by atoms with Crippen molar-refractivity contribution >= 4 is 11.8 Å². The quantitative estimate of drug-likeness (QED) is 0.724. The molecule has 0 bridgehead atoms. The molecule has 0 radical (unpaired) electrons. The average Bonchev–Trinajstić information content (AvgIpc) is 2.19. The van der Waals surface area contributed by atoms with E-state index in [0.29, 0.717) is 6.42 Å². The van der Waals surface area contributed by atoms with Crippen molar-refractivity contribution in [2.75, 3.05) is 19.7 Å². The van der Waals surface area contributed by atoms with E-state index in [0.717, 1.165) is 19.5 Å². The molecule has 0 saturated heterocycles. The van der Waals surface area contributed by atoms with Gasteiger partial charge in [-0.25, -0.2) is 0 Å². The lowest BCUT2D eigenvalue weighted by molar-refractivity contribution is -0.137. The number of aliphatic carboxylic acids is 1. The zero-order valence-electron chi connectivity index (χ0n) is 12.7. The molecule has 3 N–H and O–H groups in total. The number of aliphatic hydroxyl groups excluding tert-OH is 1.